The molecule has 0 bridgehead atoms. The summed E-state index contributed by atoms with van der Waals surface area (Å²) in [7, 11) is 0. The fraction of sp³-hybridized carbons (Fsp3) is 0.500. The van der Waals surface area contributed by atoms with Gasteiger partial charge in [0.15, 0.2) is 5.01 Å². The van der Waals surface area contributed by atoms with E-state index in [0.29, 0.717) is 30.2 Å². The molecule has 42 heavy (non-hydrogen) atoms. The highest BCUT2D eigenvalue weighted by Crippen LogP contribution is 2.52. The van der Waals surface area contributed by atoms with E-state index in [9.17, 15) is 54.5 Å². The molecule has 0 spiro atoms. The van der Waals surface area contributed by atoms with Gasteiger partial charge in [-0.05, 0) is 39.7 Å². The zero-order chi connectivity index (χ0) is 31.6. The molecule has 1 fully saturated rings. The molecule has 0 saturated carbocycles. The summed E-state index contributed by atoms with van der Waals surface area (Å²) in [6.45, 7) is 4.48. The second kappa shape index (κ2) is 10.2. The molecule has 1 aromatic carbocycles. The third-order valence-electron chi connectivity index (χ3n) is 6.58. The Morgan fingerprint density at radius 2 is 1.64 bits per heavy atom. The minimum Gasteiger partial charge on any atom is -0.415 e. The Bertz CT molecular complexity index is 1470. The number of benzene rings is 1. The zero-order valence-corrected chi connectivity index (χ0v) is 22.6. The van der Waals surface area contributed by atoms with E-state index in [1.807, 2.05) is 0 Å². The van der Waals surface area contributed by atoms with E-state index in [1.54, 1.807) is 6.92 Å². The van der Waals surface area contributed by atoms with Crippen molar-refractivity contribution in [2.75, 3.05) is 6.54 Å². The summed E-state index contributed by atoms with van der Waals surface area (Å²) in [4.78, 5) is 18.3. The molecule has 0 radical (unpaired) electrons. The van der Waals surface area contributed by atoms with E-state index < -0.39 is 74.9 Å². The molecule has 230 valence electrons. The molecule has 1 aliphatic heterocycles. The quantitative estimate of drug-likeness (QED) is 0.330. The van der Waals surface area contributed by atoms with Gasteiger partial charge in [-0.25, -0.2) is 4.98 Å². The summed E-state index contributed by atoms with van der Waals surface area (Å²) < 4.78 is 129. The monoisotopic (exact) mass is 632 g/mol. The standard InChI is InChI=1S/C24H21F9N4O4S/c1-10-5-4-8-37(10)18(38)14-15(42-17(34-14)16-35-36-19(41-16)20(2,3)39)12-7-6-11(9-13(12)22(25,26)27)21(40,23(28,29)30)24(31,32)33/h6-7,9-10,39-40H,4-5,8H2,1-3H3/t10-/m0/s1. The van der Waals surface area contributed by atoms with E-state index in [0.717, 1.165) is 0 Å². The molecule has 1 saturated heterocycles. The maximum atomic E-state index is 14.2. The topological polar surface area (TPSA) is 113 Å². The summed E-state index contributed by atoms with van der Waals surface area (Å²) in [6.07, 6.45) is -17.3. The highest BCUT2D eigenvalue weighted by atomic mass is 32.1. The first-order valence-corrected chi connectivity index (χ1v) is 12.9. The van der Waals surface area contributed by atoms with Crippen LogP contribution in [0.2, 0.25) is 0 Å². The van der Waals surface area contributed by atoms with E-state index in [4.69, 9.17) is 4.42 Å². The summed E-state index contributed by atoms with van der Waals surface area (Å²) in [5, 5.41) is 26.8. The predicted octanol–water partition coefficient (Wildman–Crippen LogP) is 6.04. The first-order chi connectivity index (χ1) is 19.1. The lowest BCUT2D eigenvalue weighted by atomic mass is 9.88. The number of nitrogens with zero attached hydrogens (tertiary/aromatic N) is 4. The normalized spacial score (nSPS) is 17.3. The molecule has 0 aliphatic carbocycles. The molecule has 2 N–H and O–H groups in total. The molecule has 4 rings (SSSR count). The Morgan fingerprint density at radius 1 is 1.02 bits per heavy atom. The molecule has 1 amide bonds. The van der Waals surface area contributed by atoms with Crippen LogP contribution in [0.25, 0.3) is 21.3 Å². The Kier molecular flexibility index (Phi) is 7.68. The van der Waals surface area contributed by atoms with Crippen molar-refractivity contribution in [2.45, 2.75) is 69.4 Å². The van der Waals surface area contributed by atoms with Gasteiger partial charge in [-0.1, -0.05) is 12.1 Å². The zero-order valence-electron chi connectivity index (χ0n) is 21.7. The Labute approximate surface area is 234 Å². The van der Waals surface area contributed by atoms with Crippen LogP contribution in [0.4, 0.5) is 39.5 Å². The van der Waals surface area contributed by atoms with Gasteiger partial charge in [0.05, 0.1) is 10.4 Å². The molecule has 1 atom stereocenters. The van der Waals surface area contributed by atoms with Crippen LogP contribution in [0.3, 0.4) is 0 Å². The summed E-state index contributed by atoms with van der Waals surface area (Å²) in [6, 6.07) is -0.449. The van der Waals surface area contributed by atoms with Crippen LogP contribution in [0.5, 0.6) is 0 Å². The van der Waals surface area contributed by atoms with E-state index in [-0.39, 0.29) is 29.6 Å². The minimum atomic E-state index is -6.43. The van der Waals surface area contributed by atoms with Crippen molar-refractivity contribution in [3.63, 3.8) is 0 Å². The van der Waals surface area contributed by atoms with E-state index >= 15 is 0 Å². The third kappa shape index (κ3) is 5.46. The Balaban J connectivity index is 1.97. The molecular weight excluding hydrogens is 611 g/mol. The number of thiazole rings is 1. The van der Waals surface area contributed by atoms with E-state index in [2.05, 4.69) is 15.2 Å². The van der Waals surface area contributed by atoms with Crippen molar-refractivity contribution in [3.05, 3.63) is 40.9 Å². The second-order valence-electron chi connectivity index (χ2n) is 10.1. The number of aromatic nitrogens is 3. The third-order valence-corrected chi connectivity index (χ3v) is 7.66. The first kappa shape index (κ1) is 31.7. The van der Waals surface area contributed by atoms with Gasteiger partial charge in [0.2, 0.25) is 5.89 Å². The molecule has 2 aromatic heterocycles. The number of aliphatic hydroxyl groups is 2. The number of carbonyl (C=O) groups excluding carboxylic acids is 1. The number of likely N-dealkylation sites (tertiary alicyclic amines) is 1. The van der Waals surface area contributed by atoms with Gasteiger partial charge < -0.3 is 19.5 Å². The average molecular weight is 633 g/mol. The largest absolute Gasteiger partial charge is 0.430 e. The molecule has 18 heteroatoms. The maximum Gasteiger partial charge on any atom is 0.430 e. The van der Waals surface area contributed by atoms with Gasteiger partial charge in [-0.15, -0.1) is 21.5 Å². The molecule has 1 aliphatic rings. The fourth-order valence-corrected chi connectivity index (χ4v) is 5.37. The molecular formula is C24H21F9N4O4S. The van der Waals surface area contributed by atoms with Gasteiger partial charge >= 0.3 is 18.5 Å². The van der Waals surface area contributed by atoms with Gasteiger partial charge in [0, 0.05) is 23.7 Å². The highest BCUT2D eigenvalue weighted by Gasteiger charge is 2.71. The van der Waals surface area contributed by atoms with Gasteiger partial charge in [-0.2, -0.15) is 39.5 Å². The molecule has 8 nitrogen and oxygen atoms in total. The van der Waals surface area contributed by atoms with Crippen molar-refractivity contribution in [2.24, 2.45) is 0 Å². The second-order valence-corrected chi connectivity index (χ2v) is 11.1. The fourth-order valence-electron chi connectivity index (χ4n) is 4.36. The lowest BCUT2D eigenvalue weighted by Crippen LogP contribution is -2.54. The summed E-state index contributed by atoms with van der Waals surface area (Å²) in [5.74, 6) is -1.58. The SMILES string of the molecule is C[C@H]1CCCN1C(=O)c1nc(-c2nnc(C(C)(C)O)o2)sc1-c1ccc(C(O)(C(F)(F)F)C(F)(F)F)cc1C(F)(F)F. The van der Waals surface area contributed by atoms with Crippen molar-refractivity contribution in [1.82, 2.24) is 20.1 Å². The number of amides is 1. The van der Waals surface area contributed by atoms with Crippen LogP contribution in [-0.2, 0) is 17.4 Å². The van der Waals surface area contributed by atoms with Crippen molar-refractivity contribution in [3.8, 4) is 21.3 Å². The maximum absolute atomic E-state index is 14.2. The lowest BCUT2D eigenvalue weighted by molar-refractivity contribution is -0.376. The Morgan fingerprint density at radius 3 is 2.12 bits per heavy atom. The average Bonchev–Trinajstić information content (AvgIpc) is 3.59. The molecule has 3 heterocycles. The lowest BCUT2D eigenvalue weighted by Gasteiger charge is -2.33. The number of alkyl halides is 9. The van der Waals surface area contributed by atoms with Crippen LogP contribution in [-0.4, -0.2) is 61.1 Å². The van der Waals surface area contributed by atoms with Crippen LogP contribution in [0.15, 0.2) is 22.6 Å². The highest BCUT2D eigenvalue weighted by molar-refractivity contribution is 7.18. The molecule has 3 aromatic rings. The number of hydrogen-bond donors (Lipinski definition) is 2. The smallest absolute Gasteiger partial charge is 0.415 e. The van der Waals surface area contributed by atoms with Crippen LogP contribution in [0, 0.1) is 0 Å². The summed E-state index contributed by atoms with van der Waals surface area (Å²) in [5.41, 5.74) is -12.9. The van der Waals surface area contributed by atoms with Gasteiger partial charge in [0.25, 0.3) is 17.4 Å². The number of carbonyl (C=O) groups is 1. The van der Waals surface area contributed by atoms with Crippen molar-refractivity contribution >= 4 is 17.2 Å². The van der Waals surface area contributed by atoms with Crippen LogP contribution >= 0.6 is 11.3 Å². The predicted molar refractivity (Wildman–Crippen MR) is 127 cm³/mol. The number of hydrogen-bond acceptors (Lipinski definition) is 8. The van der Waals surface area contributed by atoms with E-state index in [1.165, 1.54) is 18.7 Å². The minimum absolute atomic E-state index is 0.0523. The van der Waals surface area contributed by atoms with Gasteiger partial charge in [-0.3, -0.25) is 4.79 Å². The molecule has 0 unspecified atom stereocenters. The van der Waals surface area contributed by atoms with Crippen LogP contribution < -0.4 is 0 Å². The number of halogens is 9. The first-order valence-electron chi connectivity index (χ1n) is 12.0. The van der Waals surface area contributed by atoms with Crippen LogP contribution in [0.1, 0.15) is 61.1 Å². The Hall–Kier alpha value is -3.25. The summed E-state index contributed by atoms with van der Waals surface area (Å²) >= 11 is 0.389. The van der Waals surface area contributed by atoms with Gasteiger partial charge in [0.1, 0.15) is 11.3 Å². The van der Waals surface area contributed by atoms with Crippen molar-refractivity contribution < 1.29 is 58.9 Å². The van der Waals surface area contributed by atoms with Crippen molar-refractivity contribution in [1.29, 1.82) is 0 Å². The number of rotatable bonds is 5.